The molecule has 146 valence electrons. The van der Waals surface area contributed by atoms with Gasteiger partial charge in [0.15, 0.2) is 5.96 Å². The number of methoxy groups -OCH3 is 1. The molecule has 1 aromatic heterocycles. The Hall–Kier alpha value is -2.60. The van der Waals surface area contributed by atoms with Crippen molar-refractivity contribution in [3.8, 4) is 5.88 Å². The smallest absolute Gasteiger partial charge is 0.213 e. The Morgan fingerprint density at radius 3 is 2.44 bits per heavy atom. The van der Waals surface area contributed by atoms with Gasteiger partial charge in [-0.2, -0.15) is 0 Å². The van der Waals surface area contributed by atoms with Crippen LogP contribution in [0.1, 0.15) is 22.3 Å². The molecule has 2 N–H and O–H groups in total. The van der Waals surface area contributed by atoms with E-state index in [4.69, 9.17) is 9.47 Å². The Bertz CT molecular complexity index is 709. The number of aliphatic imine (C=N–C) groups is 1. The van der Waals surface area contributed by atoms with Gasteiger partial charge in [-0.1, -0.05) is 35.4 Å². The molecule has 0 saturated heterocycles. The van der Waals surface area contributed by atoms with E-state index in [-0.39, 0.29) is 0 Å². The van der Waals surface area contributed by atoms with E-state index in [1.54, 1.807) is 20.4 Å². The molecule has 0 aliphatic heterocycles. The maximum atomic E-state index is 5.47. The minimum atomic E-state index is 0.498. The monoisotopic (exact) mass is 370 g/mol. The number of aryl methyl sites for hydroxylation is 2. The molecule has 2 aromatic rings. The molecule has 6 nitrogen and oxygen atoms in total. The van der Waals surface area contributed by atoms with E-state index in [9.17, 15) is 0 Å². The summed E-state index contributed by atoms with van der Waals surface area (Å²) >= 11 is 0. The lowest BCUT2D eigenvalue weighted by molar-refractivity contribution is 0.143. The average molecular weight is 370 g/mol. The third-order valence-corrected chi connectivity index (χ3v) is 4.01. The number of nitrogens with zero attached hydrogens (tertiary/aromatic N) is 2. The van der Waals surface area contributed by atoms with Crippen molar-refractivity contribution < 1.29 is 9.47 Å². The predicted octanol–water partition coefficient (Wildman–Crippen LogP) is 2.63. The highest BCUT2D eigenvalue weighted by Crippen LogP contribution is 2.09. The molecule has 27 heavy (non-hydrogen) atoms. The highest BCUT2D eigenvalue weighted by atomic mass is 16.5. The van der Waals surface area contributed by atoms with Gasteiger partial charge in [0.2, 0.25) is 5.88 Å². The molecule has 0 amide bonds. The molecule has 1 aromatic carbocycles. The van der Waals surface area contributed by atoms with Crippen LogP contribution in [0, 0.1) is 13.8 Å². The molecule has 0 fully saturated rings. The van der Waals surface area contributed by atoms with Crippen LogP contribution >= 0.6 is 0 Å². The average Bonchev–Trinajstić information content (AvgIpc) is 2.65. The Morgan fingerprint density at radius 1 is 1.04 bits per heavy atom. The van der Waals surface area contributed by atoms with Gasteiger partial charge in [-0.25, -0.2) is 4.98 Å². The van der Waals surface area contributed by atoms with Crippen LogP contribution in [-0.2, 0) is 17.7 Å². The highest BCUT2D eigenvalue weighted by molar-refractivity contribution is 5.79. The topological polar surface area (TPSA) is 67.8 Å². The quantitative estimate of drug-likeness (QED) is 0.403. The summed E-state index contributed by atoms with van der Waals surface area (Å²) in [6, 6.07) is 10.5. The van der Waals surface area contributed by atoms with Crippen molar-refractivity contribution in [2.24, 2.45) is 4.99 Å². The van der Waals surface area contributed by atoms with Gasteiger partial charge in [0.1, 0.15) is 6.61 Å². The van der Waals surface area contributed by atoms with Crippen molar-refractivity contribution >= 4 is 5.96 Å². The SMILES string of the molecule is CN=C(NCCc1cc(C)cc(C)c1)NCc1ccc(OCCOC)nc1. The molecule has 0 saturated carbocycles. The Kier molecular flexibility index (Phi) is 8.58. The largest absolute Gasteiger partial charge is 0.475 e. The van der Waals surface area contributed by atoms with Gasteiger partial charge in [-0.3, -0.25) is 4.99 Å². The van der Waals surface area contributed by atoms with Crippen LogP contribution < -0.4 is 15.4 Å². The second-order valence-electron chi connectivity index (χ2n) is 6.44. The van der Waals surface area contributed by atoms with Crippen molar-refractivity contribution in [3.05, 3.63) is 58.8 Å². The van der Waals surface area contributed by atoms with Crippen LogP contribution in [0.15, 0.2) is 41.5 Å². The van der Waals surface area contributed by atoms with Crippen LogP contribution in [0.2, 0.25) is 0 Å². The minimum Gasteiger partial charge on any atom is -0.475 e. The summed E-state index contributed by atoms with van der Waals surface area (Å²) in [5, 5.41) is 6.66. The molecular weight excluding hydrogens is 340 g/mol. The van der Waals surface area contributed by atoms with E-state index in [0.717, 1.165) is 24.5 Å². The van der Waals surface area contributed by atoms with Crippen molar-refractivity contribution in [3.63, 3.8) is 0 Å². The molecular formula is C21H30N4O2. The fraction of sp³-hybridized carbons (Fsp3) is 0.429. The minimum absolute atomic E-state index is 0.498. The molecule has 0 unspecified atom stereocenters. The number of hydrogen-bond acceptors (Lipinski definition) is 4. The van der Waals surface area contributed by atoms with Gasteiger partial charge < -0.3 is 20.1 Å². The molecule has 0 bridgehead atoms. The Balaban J connectivity index is 1.75. The summed E-state index contributed by atoms with van der Waals surface area (Å²) in [7, 11) is 3.42. The molecule has 0 atom stereocenters. The van der Waals surface area contributed by atoms with E-state index in [2.05, 4.69) is 52.7 Å². The van der Waals surface area contributed by atoms with Gasteiger partial charge in [-0.15, -0.1) is 0 Å². The first kappa shape index (κ1) is 20.7. The number of aromatic nitrogens is 1. The highest BCUT2D eigenvalue weighted by Gasteiger charge is 2.01. The van der Waals surface area contributed by atoms with Gasteiger partial charge >= 0.3 is 0 Å². The lowest BCUT2D eigenvalue weighted by Crippen LogP contribution is -2.37. The fourth-order valence-corrected chi connectivity index (χ4v) is 2.78. The normalized spacial score (nSPS) is 11.3. The second-order valence-corrected chi connectivity index (χ2v) is 6.44. The van der Waals surface area contributed by atoms with Crippen molar-refractivity contribution in [1.29, 1.82) is 0 Å². The number of benzene rings is 1. The van der Waals surface area contributed by atoms with Crippen LogP contribution in [0.25, 0.3) is 0 Å². The zero-order chi connectivity index (χ0) is 19.5. The number of rotatable bonds is 9. The third-order valence-electron chi connectivity index (χ3n) is 4.01. The first-order chi connectivity index (χ1) is 13.1. The van der Waals surface area contributed by atoms with Crippen molar-refractivity contribution in [2.75, 3.05) is 33.9 Å². The standard InChI is InChI=1S/C21H30N4O2/c1-16-11-17(2)13-18(12-16)7-8-23-21(22-3)25-15-19-5-6-20(24-14-19)27-10-9-26-4/h5-6,11-14H,7-10,15H2,1-4H3,(H2,22,23,25). The van der Waals surface area contributed by atoms with E-state index in [1.807, 2.05) is 12.1 Å². The maximum Gasteiger partial charge on any atom is 0.213 e. The van der Waals surface area contributed by atoms with Crippen molar-refractivity contribution in [1.82, 2.24) is 15.6 Å². The zero-order valence-electron chi connectivity index (χ0n) is 16.7. The van der Waals surface area contributed by atoms with Crippen LogP contribution in [0.3, 0.4) is 0 Å². The zero-order valence-corrected chi connectivity index (χ0v) is 16.7. The molecule has 0 radical (unpaired) electrons. The summed E-state index contributed by atoms with van der Waals surface area (Å²) in [4.78, 5) is 8.57. The fourth-order valence-electron chi connectivity index (χ4n) is 2.78. The van der Waals surface area contributed by atoms with Crippen LogP contribution in [0.5, 0.6) is 5.88 Å². The van der Waals surface area contributed by atoms with Gasteiger partial charge in [0, 0.05) is 39.5 Å². The number of nitrogens with one attached hydrogen (secondary N) is 2. The summed E-state index contributed by atoms with van der Waals surface area (Å²) in [6.45, 7) is 6.79. The van der Waals surface area contributed by atoms with Crippen molar-refractivity contribution in [2.45, 2.75) is 26.8 Å². The summed E-state index contributed by atoms with van der Waals surface area (Å²) in [6.07, 6.45) is 2.76. The molecule has 0 aliphatic rings. The Morgan fingerprint density at radius 2 is 1.81 bits per heavy atom. The first-order valence-electron chi connectivity index (χ1n) is 9.19. The summed E-state index contributed by atoms with van der Waals surface area (Å²) in [5.74, 6) is 1.38. The van der Waals surface area contributed by atoms with Gasteiger partial charge in [-0.05, 0) is 31.4 Å². The third kappa shape index (κ3) is 7.66. The Labute approximate surface area is 162 Å². The molecule has 6 heteroatoms. The molecule has 0 aliphatic carbocycles. The molecule has 0 spiro atoms. The summed E-state index contributed by atoms with van der Waals surface area (Å²) in [5.41, 5.74) is 5.00. The number of guanidine groups is 1. The second kappa shape index (κ2) is 11.2. The van der Waals surface area contributed by atoms with Crippen LogP contribution in [-0.4, -0.2) is 44.9 Å². The van der Waals surface area contributed by atoms with Gasteiger partial charge in [0.05, 0.1) is 6.61 Å². The van der Waals surface area contributed by atoms with E-state index in [1.165, 1.54) is 16.7 Å². The molecule has 1 heterocycles. The summed E-state index contributed by atoms with van der Waals surface area (Å²) < 4.78 is 10.4. The first-order valence-corrected chi connectivity index (χ1v) is 9.19. The number of pyridine rings is 1. The van der Waals surface area contributed by atoms with E-state index in [0.29, 0.717) is 25.6 Å². The molecule has 2 rings (SSSR count). The van der Waals surface area contributed by atoms with E-state index < -0.39 is 0 Å². The van der Waals surface area contributed by atoms with Crippen LogP contribution in [0.4, 0.5) is 0 Å². The lowest BCUT2D eigenvalue weighted by atomic mass is 10.1. The van der Waals surface area contributed by atoms with E-state index >= 15 is 0 Å². The van der Waals surface area contributed by atoms with Gasteiger partial charge in [0.25, 0.3) is 0 Å². The predicted molar refractivity (Wildman–Crippen MR) is 109 cm³/mol. The number of ether oxygens (including phenoxy) is 2. The lowest BCUT2D eigenvalue weighted by Gasteiger charge is -2.12. The number of hydrogen-bond donors (Lipinski definition) is 2. The maximum absolute atomic E-state index is 5.47.